The maximum Gasteiger partial charge on any atom is 0.253 e. The lowest BCUT2D eigenvalue weighted by Crippen LogP contribution is -2.40. The summed E-state index contributed by atoms with van der Waals surface area (Å²) in [6.07, 6.45) is 3.16. The van der Waals surface area contributed by atoms with Crippen LogP contribution in [0.4, 0.5) is 5.69 Å². The number of hydrogen-bond donors (Lipinski definition) is 2. The Morgan fingerprint density at radius 1 is 0.938 bits per heavy atom. The summed E-state index contributed by atoms with van der Waals surface area (Å²) in [5.74, 6) is -0.557. The molecule has 0 heterocycles. The summed E-state index contributed by atoms with van der Waals surface area (Å²) in [6, 6.07) is 24.7. The minimum atomic E-state index is -0.339. The number of para-hydroxylation sites is 1. The highest BCUT2D eigenvalue weighted by atomic mass is 32.1. The van der Waals surface area contributed by atoms with Crippen LogP contribution in [-0.2, 0) is 11.3 Å². The number of nitrogens with zero attached hydrogens (tertiary/aromatic N) is 1. The van der Waals surface area contributed by atoms with Gasteiger partial charge in [0.05, 0.1) is 11.3 Å². The Labute approximate surface area is 193 Å². The largest absolute Gasteiger partial charge is 0.348 e. The van der Waals surface area contributed by atoms with Crippen molar-refractivity contribution in [2.45, 2.75) is 13.5 Å². The SMILES string of the molecule is Cc1ccc(/C=C/C(=O)NC(=S)N(C)c2ccccc2C(=O)NCc2ccccc2)cc1. The van der Waals surface area contributed by atoms with Crippen molar-refractivity contribution in [3.05, 3.63) is 107 Å². The van der Waals surface area contributed by atoms with Gasteiger partial charge in [-0.25, -0.2) is 0 Å². The van der Waals surface area contributed by atoms with Gasteiger partial charge in [0.1, 0.15) is 0 Å². The lowest BCUT2D eigenvalue weighted by Gasteiger charge is -2.22. The van der Waals surface area contributed by atoms with E-state index in [-0.39, 0.29) is 16.9 Å². The number of benzene rings is 3. The molecule has 0 aliphatic rings. The van der Waals surface area contributed by atoms with Gasteiger partial charge in [-0.05, 0) is 48.5 Å². The highest BCUT2D eigenvalue weighted by Gasteiger charge is 2.17. The van der Waals surface area contributed by atoms with E-state index in [1.807, 2.05) is 67.6 Å². The Kier molecular flexibility index (Phi) is 7.89. The first kappa shape index (κ1) is 22.9. The minimum absolute atomic E-state index is 0.201. The Morgan fingerprint density at radius 2 is 1.59 bits per heavy atom. The third-order valence-electron chi connectivity index (χ3n) is 4.85. The molecule has 0 aliphatic carbocycles. The van der Waals surface area contributed by atoms with Crippen molar-refractivity contribution in [3.8, 4) is 0 Å². The van der Waals surface area contributed by atoms with E-state index in [1.54, 1.807) is 36.2 Å². The molecular weight excluding hydrogens is 418 g/mol. The Balaban J connectivity index is 1.64. The molecule has 0 spiro atoms. The van der Waals surface area contributed by atoms with Gasteiger partial charge in [0.2, 0.25) is 5.91 Å². The van der Waals surface area contributed by atoms with Crippen molar-refractivity contribution >= 4 is 40.9 Å². The number of carbonyl (C=O) groups is 2. The summed E-state index contributed by atoms with van der Waals surface area (Å²) < 4.78 is 0. The molecule has 2 N–H and O–H groups in total. The van der Waals surface area contributed by atoms with Crippen LogP contribution >= 0.6 is 12.2 Å². The highest BCUT2D eigenvalue weighted by molar-refractivity contribution is 7.80. The number of carbonyl (C=O) groups excluding carboxylic acids is 2. The van der Waals surface area contributed by atoms with Gasteiger partial charge in [-0.1, -0.05) is 72.3 Å². The van der Waals surface area contributed by atoms with Gasteiger partial charge in [-0.15, -0.1) is 0 Å². The number of anilines is 1. The molecule has 0 atom stereocenters. The molecule has 3 aromatic carbocycles. The third-order valence-corrected chi connectivity index (χ3v) is 5.22. The van der Waals surface area contributed by atoms with Crippen LogP contribution in [0.3, 0.4) is 0 Å². The van der Waals surface area contributed by atoms with E-state index < -0.39 is 0 Å². The van der Waals surface area contributed by atoms with Crippen molar-refractivity contribution in [1.82, 2.24) is 10.6 Å². The van der Waals surface area contributed by atoms with Crippen LogP contribution in [0.1, 0.15) is 27.0 Å². The first-order chi connectivity index (χ1) is 15.4. The smallest absolute Gasteiger partial charge is 0.253 e. The summed E-state index contributed by atoms with van der Waals surface area (Å²) in [5.41, 5.74) is 4.16. The topological polar surface area (TPSA) is 61.4 Å². The maximum atomic E-state index is 12.8. The van der Waals surface area contributed by atoms with Crippen LogP contribution in [-0.4, -0.2) is 24.0 Å². The van der Waals surface area contributed by atoms with E-state index in [0.29, 0.717) is 17.8 Å². The molecule has 162 valence electrons. The molecule has 0 saturated carbocycles. The zero-order valence-corrected chi connectivity index (χ0v) is 18.9. The van der Waals surface area contributed by atoms with Crippen LogP contribution in [0.15, 0.2) is 84.9 Å². The first-order valence-corrected chi connectivity index (χ1v) is 10.6. The molecule has 32 heavy (non-hydrogen) atoms. The van der Waals surface area contributed by atoms with Gasteiger partial charge < -0.3 is 10.2 Å². The van der Waals surface area contributed by atoms with Crippen LogP contribution < -0.4 is 15.5 Å². The first-order valence-electron chi connectivity index (χ1n) is 10.2. The predicted molar refractivity (Wildman–Crippen MR) is 133 cm³/mol. The molecule has 0 aliphatic heterocycles. The number of hydrogen-bond acceptors (Lipinski definition) is 3. The average Bonchev–Trinajstić information content (AvgIpc) is 2.82. The van der Waals surface area contributed by atoms with Gasteiger partial charge in [0, 0.05) is 19.7 Å². The summed E-state index contributed by atoms with van der Waals surface area (Å²) in [5, 5.41) is 5.81. The normalized spacial score (nSPS) is 10.6. The van der Waals surface area contributed by atoms with E-state index in [4.69, 9.17) is 12.2 Å². The van der Waals surface area contributed by atoms with E-state index in [2.05, 4.69) is 10.6 Å². The van der Waals surface area contributed by atoms with Crippen LogP contribution in [0.25, 0.3) is 6.08 Å². The average molecular weight is 444 g/mol. The van der Waals surface area contributed by atoms with Crippen LogP contribution in [0.2, 0.25) is 0 Å². The second kappa shape index (κ2) is 11.0. The lowest BCUT2D eigenvalue weighted by molar-refractivity contribution is -0.115. The molecule has 2 amide bonds. The number of amides is 2. The van der Waals surface area contributed by atoms with Crippen molar-refractivity contribution in [2.75, 3.05) is 11.9 Å². The van der Waals surface area contributed by atoms with Crippen LogP contribution in [0.5, 0.6) is 0 Å². The van der Waals surface area contributed by atoms with E-state index in [1.165, 1.54) is 6.08 Å². The standard InChI is InChI=1S/C26H25N3O2S/c1-19-12-14-20(15-13-19)16-17-24(30)28-26(32)29(2)23-11-7-6-10-22(23)25(31)27-18-21-8-4-3-5-9-21/h3-17H,18H2,1-2H3,(H,27,31)(H,28,30,32)/b17-16+. The van der Waals surface area contributed by atoms with Gasteiger partial charge in [-0.3, -0.25) is 14.9 Å². The van der Waals surface area contributed by atoms with Crippen molar-refractivity contribution in [2.24, 2.45) is 0 Å². The quantitative estimate of drug-likeness (QED) is 0.436. The number of thiocarbonyl (C=S) groups is 1. The Bertz CT molecular complexity index is 1130. The summed E-state index contributed by atoms with van der Waals surface area (Å²) >= 11 is 5.40. The fourth-order valence-corrected chi connectivity index (χ4v) is 3.22. The number of nitrogens with one attached hydrogen (secondary N) is 2. The van der Waals surface area contributed by atoms with E-state index in [9.17, 15) is 9.59 Å². The van der Waals surface area contributed by atoms with E-state index >= 15 is 0 Å². The molecule has 0 bridgehead atoms. The van der Waals surface area contributed by atoms with Crippen molar-refractivity contribution < 1.29 is 9.59 Å². The molecule has 0 unspecified atom stereocenters. The zero-order valence-electron chi connectivity index (χ0n) is 18.0. The summed E-state index contributed by atoms with van der Waals surface area (Å²) in [4.78, 5) is 26.7. The summed E-state index contributed by atoms with van der Waals surface area (Å²) in [6.45, 7) is 2.43. The second-order valence-electron chi connectivity index (χ2n) is 7.28. The van der Waals surface area contributed by atoms with Crippen LogP contribution in [0, 0.1) is 6.92 Å². The van der Waals surface area contributed by atoms with Gasteiger partial charge in [0.15, 0.2) is 5.11 Å². The second-order valence-corrected chi connectivity index (χ2v) is 7.67. The fraction of sp³-hybridized carbons (Fsp3) is 0.115. The van der Waals surface area contributed by atoms with Gasteiger partial charge in [0.25, 0.3) is 5.91 Å². The molecule has 6 heteroatoms. The van der Waals surface area contributed by atoms with Gasteiger partial charge in [-0.2, -0.15) is 0 Å². The highest BCUT2D eigenvalue weighted by Crippen LogP contribution is 2.19. The van der Waals surface area contributed by atoms with E-state index in [0.717, 1.165) is 16.7 Å². The molecule has 3 rings (SSSR count). The van der Waals surface area contributed by atoms with Gasteiger partial charge >= 0.3 is 0 Å². The Morgan fingerprint density at radius 3 is 2.31 bits per heavy atom. The molecule has 0 aromatic heterocycles. The zero-order chi connectivity index (χ0) is 22.9. The fourth-order valence-electron chi connectivity index (χ4n) is 3.02. The molecule has 0 saturated heterocycles. The number of aryl methyl sites for hydroxylation is 1. The number of rotatable bonds is 6. The predicted octanol–water partition coefficient (Wildman–Crippen LogP) is 4.48. The third kappa shape index (κ3) is 6.36. The lowest BCUT2D eigenvalue weighted by atomic mass is 10.1. The summed E-state index contributed by atoms with van der Waals surface area (Å²) in [7, 11) is 1.72. The molecule has 3 aromatic rings. The minimum Gasteiger partial charge on any atom is -0.348 e. The maximum absolute atomic E-state index is 12.8. The van der Waals surface area contributed by atoms with Crippen molar-refractivity contribution in [1.29, 1.82) is 0 Å². The molecule has 0 fully saturated rings. The van der Waals surface area contributed by atoms with Crippen molar-refractivity contribution in [3.63, 3.8) is 0 Å². The molecule has 0 radical (unpaired) electrons. The molecular formula is C26H25N3O2S. The Hall–Kier alpha value is -3.77. The monoisotopic (exact) mass is 443 g/mol. The molecule has 5 nitrogen and oxygen atoms in total.